The van der Waals surface area contributed by atoms with Crippen molar-refractivity contribution in [2.45, 2.75) is 12.8 Å². The number of fused-ring (bicyclic) bond motifs is 1. The minimum absolute atomic E-state index is 0.0659. The quantitative estimate of drug-likeness (QED) is 0.565. The van der Waals surface area contributed by atoms with Crippen molar-refractivity contribution in [2.75, 3.05) is 34.4 Å². The zero-order valence-electron chi connectivity index (χ0n) is 17.3. The summed E-state index contributed by atoms with van der Waals surface area (Å²) in [6.07, 6.45) is 0. The normalized spacial score (nSPS) is 11.7. The molecule has 29 heavy (non-hydrogen) atoms. The highest BCUT2D eigenvalue weighted by molar-refractivity contribution is 5.88. The molecule has 0 aliphatic heterocycles. The van der Waals surface area contributed by atoms with Crippen molar-refractivity contribution >= 4 is 16.7 Å². The highest BCUT2D eigenvalue weighted by Gasteiger charge is 2.19. The van der Waals surface area contributed by atoms with Gasteiger partial charge in [0.15, 0.2) is 0 Å². The first-order chi connectivity index (χ1) is 14.0. The minimum Gasteiger partial charge on any atom is -0.497 e. The van der Waals surface area contributed by atoms with E-state index < -0.39 is 0 Å². The van der Waals surface area contributed by atoms with Crippen molar-refractivity contribution in [3.05, 3.63) is 66.2 Å². The van der Waals surface area contributed by atoms with Gasteiger partial charge in [-0.05, 0) is 59.7 Å². The lowest BCUT2D eigenvalue weighted by Crippen LogP contribution is -2.34. The Morgan fingerprint density at radius 3 is 2.14 bits per heavy atom. The third kappa shape index (κ3) is 4.99. The van der Waals surface area contributed by atoms with Gasteiger partial charge in [-0.2, -0.15) is 0 Å². The van der Waals surface area contributed by atoms with Crippen LogP contribution in [0.25, 0.3) is 10.8 Å². The Morgan fingerprint density at radius 1 is 0.862 bits per heavy atom. The van der Waals surface area contributed by atoms with Gasteiger partial charge in [-0.1, -0.05) is 24.3 Å². The van der Waals surface area contributed by atoms with Gasteiger partial charge >= 0.3 is 0 Å². The first kappa shape index (κ1) is 20.5. The summed E-state index contributed by atoms with van der Waals surface area (Å²) in [6, 6.07) is 19.5. The van der Waals surface area contributed by atoms with Gasteiger partial charge in [0.25, 0.3) is 0 Å². The van der Waals surface area contributed by atoms with Gasteiger partial charge in [0, 0.05) is 7.05 Å². The molecule has 0 saturated heterocycles. The third-order valence-corrected chi connectivity index (χ3v) is 5.07. The van der Waals surface area contributed by atoms with E-state index in [0.29, 0.717) is 13.2 Å². The van der Waals surface area contributed by atoms with Crippen LogP contribution < -0.4 is 14.2 Å². The summed E-state index contributed by atoms with van der Waals surface area (Å²) in [7, 11) is 5.09. The molecular weight excluding hydrogens is 366 g/mol. The molecule has 3 rings (SSSR count). The van der Waals surface area contributed by atoms with Gasteiger partial charge in [0.1, 0.15) is 23.9 Å². The summed E-state index contributed by atoms with van der Waals surface area (Å²) in [5.41, 5.74) is 0.996. The van der Waals surface area contributed by atoms with Crippen LogP contribution in [0.5, 0.6) is 17.2 Å². The molecule has 0 N–H and O–H groups in total. The van der Waals surface area contributed by atoms with Gasteiger partial charge in [-0.25, -0.2) is 0 Å². The number of methoxy groups -OCH3 is 2. The van der Waals surface area contributed by atoms with Crippen LogP contribution in [-0.2, 0) is 4.79 Å². The number of carbonyl (C=O) groups is 1. The molecule has 0 aromatic heterocycles. The number of rotatable bonds is 8. The molecule has 5 heteroatoms. The average Bonchev–Trinajstić information content (AvgIpc) is 2.77. The van der Waals surface area contributed by atoms with Crippen LogP contribution in [0.1, 0.15) is 18.4 Å². The molecule has 1 unspecified atom stereocenters. The van der Waals surface area contributed by atoms with Gasteiger partial charge < -0.3 is 19.1 Å². The number of hydrogen-bond acceptors (Lipinski definition) is 4. The summed E-state index contributed by atoms with van der Waals surface area (Å²) in [5, 5.41) is 2.18. The van der Waals surface area contributed by atoms with Crippen LogP contribution in [0, 0.1) is 0 Å². The molecule has 1 atom stereocenters. The smallest absolute Gasteiger partial charge is 0.229 e. The predicted octanol–water partition coefficient (Wildman–Crippen LogP) is 4.50. The lowest BCUT2D eigenvalue weighted by Gasteiger charge is -2.22. The lowest BCUT2D eigenvalue weighted by atomic mass is 9.96. The van der Waals surface area contributed by atoms with E-state index in [0.717, 1.165) is 33.6 Å². The number of amides is 1. The zero-order chi connectivity index (χ0) is 20.8. The Bertz CT molecular complexity index is 968. The molecule has 0 aliphatic carbocycles. The van der Waals surface area contributed by atoms with E-state index in [1.807, 2.05) is 68.6 Å². The second-order valence-corrected chi connectivity index (χ2v) is 6.98. The number of ether oxygens (including phenoxy) is 3. The largest absolute Gasteiger partial charge is 0.497 e. The summed E-state index contributed by atoms with van der Waals surface area (Å²) < 4.78 is 16.1. The van der Waals surface area contributed by atoms with E-state index in [1.54, 1.807) is 19.1 Å². The van der Waals surface area contributed by atoms with E-state index in [1.165, 1.54) is 0 Å². The van der Waals surface area contributed by atoms with Crippen molar-refractivity contribution < 1.29 is 19.0 Å². The summed E-state index contributed by atoms with van der Waals surface area (Å²) >= 11 is 0. The highest BCUT2D eigenvalue weighted by Crippen LogP contribution is 2.26. The second-order valence-electron chi connectivity index (χ2n) is 6.98. The molecule has 0 radical (unpaired) electrons. The van der Waals surface area contributed by atoms with Gasteiger partial charge in [-0.15, -0.1) is 0 Å². The molecule has 0 saturated carbocycles. The fourth-order valence-electron chi connectivity index (χ4n) is 3.19. The second kappa shape index (κ2) is 9.32. The predicted molar refractivity (Wildman–Crippen MR) is 115 cm³/mol. The van der Waals surface area contributed by atoms with Crippen molar-refractivity contribution in [2.24, 2.45) is 0 Å². The molecule has 3 aromatic carbocycles. The summed E-state index contributed by atoms with van der Waals surface area (Å²) in [5.74, 6) is 2.20. The molecule has 3 aromatic rings. The molecule has 0 aliphatic rings. The first-order valence-electron chi connectivity index (χ1n) is 9.61. The SMILES string of the molecule is COc1ccc(OCCN(C)C(=O)C(C)c2ccc3cc(OC)ccc3c2)cc1. The van der Waals surface area contributed by atoms with Gasteiger partial charge in [0.05, 0.1) is 26.7 Å². The van der Waals surface area contributed by atoms with Crippen LogP contribution in [0.2, 0.25) is 0 Å². The molecule has 152 valence electrons. The maximum atomic E-state index is 12.8. The van der Waals surface area contributed by atoms with E-state index >= 15 is 0 Å². The number of nitrogens with zero attached hydrogens (tertiary/aromatic N) is 1. The topological polar surface area (TPSA) is 48.0 Å². The summed E-state index contributed by atoms with van der Waals surface area (Å²) in [4.78, 5) is 14.6. The van der Waals surface area contributed by atoms with E-state index in [-0.39, 0.29) is 11.8 Å². The van der Waals surface area contributed by atoms with Crippen LogP contribution in [0.15, 0.2) is 60.7 Å². The maximum Gasteiger partial charge on any atom is 0.229 e. The van der Waals surface area contributed by atoms with Crippen LogP contribution in [0.3, 0.4) is 0 Å². The monoisotopic (exact) mass is 393 g/mol. The summed E-state index contributed by atoms with van der Waals surface area (Å²) in [6.45, 7) is 2.88. The minimum atomic E-state index is -0.229. The van der Waals surface area contributed by atoms with Crippen LogP contribution >= 0.6 is 0 Å². The number of hydrogen-bond donors (Lipinski definition) is 0. The number of benzene rings is 3. The Labute approximate surface area is 171 Å². The molecule has 5 nitrogen and oxygen atoms in total. The molecular formula is C24H27NO4. The van der Waals surface area contributed by atoms with Crippen molar-refractivity contribution in [3.8, 4) is 17.2 Å². The van der Waals surface area contributed by atoms with E-state index in [2.05, 4.69) is 6.07 Å². The molecule has 0 spiro atoms. The Kier molecular flexibility index (Phi) is 6.60. The average molecular weight is 393 g/mol. The van der Waals surface area contributed by atoms with Crippen molar-refractivity contribution in [1.82, 2.24) is 4.90 Å². The fraction of sp³-hybridized carbons (Fsp3) is 0.292. The van der Waals surface area contributed by atoms with Crippen LogP contribution in [-0.4, -0.2) is 45.2 Å². The molecule has 0 bridgehead atoms. The van der Waals surface area contributed by atoms with E-state index in [4.69, 9.17) is 14.2 Å². The molecule has 0 fully saturated rings. The van der Waals surface area contributed by atoms with Gasteiger partial charge in [-0.3, -0.25) is 4.79 Å². The number of likely N-dealkylation sites (N-methyl/N-ethyl adjacent to an activating group) is 1. The molecule has 1 amide bonds. The highest BCUT2D eigenvalue weighted by atomic mass is 16.5. The van der Waals surface area contributed by atoms with Crippen molar-refractivity contribution in [1.29, 1.82) is 0 Å². The fourth-order valence-corrected chi connectivity index (χ4v) is 3.19. The van der Waals surface area contributed by atoms with Gasteiger partial charge in [0.2, 0.25) is 5.91 Å². The standard InChI is InChI=1S/C24H27NO4/c1-17(18-5-6-20-16-23(28-4)8-7-19(20)15-18)24(26)25(2)13-14-29-22-11-9-21(27-3)10-12-22/h5-12,15-17H,13-14H2,1-4H3. The zero-order valence-corrected chi connectivity index (χ0v) is 17.3. The van der Waals surface area contributed by atoms with Crippen LogP contribution in [0.4, 0.5) is 0 Å². The first-order valence-corrected chi connectivity index (χ1v) is 9.61. The Hall–Kier alpha value is -3.21. The van der Waals surface area contributed by atoms with E-state index in [9.17, 15) is 4.79 Å². The maximum absolute atomic E-state index is 12.8. The molecule has 0 heterocycles. The third-order valence-electron chi connectivity index (χ3n) is 5.07. The number of carbonyl (C=O) groups excluding carboxylic acids is 1. The Morgan fingerprint density at radius 2 is 1.45 bits per heavy atom. The Balaban J connectivity index is 1.58. The lowest BCUT2D eigenvalue weighted by molar-refractivity contribution is -0.131. The van der Waals surface area contributed by atoms with Crippen molar-refractivity contribution in [3.63, 3.8) is 0 Å².